The van der Waals surface area contributed by atoms with E-state index >= 15 is 0 Å². The van der Waals surface area contributed by atoms with Crippen LogP contribution in [-0.2, 0) is 9.59 Å². The van der Waals surface area contributed by atoms with E-state index in [9.17, 15) is 9.59 Å². The Hall–Kier alpha value is -2.63. The molecule has 6 heteroatoms. The zero-order valence-electron chi connectivity index (χ0n) is 18.6. The lowest BCUT2D eigenvalue weighted by Crippen LogP contribution is -2.53. The summed E-state index contributed by atoms with van der Waals surface area (Å²) in [6, 6.07) is 9.81. The Kier molecular flexibility index (Phi) is 6.03. The van der Waals surface area contributed by atoms with Crippen molar-refractivity contribution in [1.82, 2.24) is 15.6 Å². The van der Waals surface area contributed by atoms with E-state index in [2.05, 4.69) is 15.6 Å². The van der Waals surface area contributed by atoms with E-state index in [0.29, 0.717) is 32.5 Å². The topological polar surface area (TPSA) is 80.3 Å². The maximum Gasteiger partial charge on any atom is 0.226 e. The van der Waals surface area contributed by atoms with Gasteiger partial charge in [-0.15, -0.1) is 0 Å². The van der Waals surface area contributed by atoms with Gasteiger partial charge in [0.05, 0.1) is 6.61 Å². The van der Waals surface area contributed by atoms with Crippen LogP contribution in [0.5, 0.6) is 5.75 Å². The number of para-hydroxylation sites is 1. The van der Waals surface area contributed by atoms with Crippen molar-refractivity contribution in [2.45, 2.75) is 51.4 Å². The van der Waals surface area contributed by atoms with Crippen LogP contribution in [0.3, 0.4) is 0 Å². The quantitative estimate of drug-likeness (QED) is 0.587. The maximum absolute atomic E-state index is 12.9. The molecule has 1 aromatic carbocycles. The molecule has 0 atom stereocenters. The molecule has 1 heterocycles. The number of aromatic nitrogens is 1. The molecular formula is C26H33N3O3. The Balaban J connectivity index is 0.990. The van der Waals surface area contributed by atoms with Crippen molar-refractivity contribution in [2.75, 3.05) is 19.7 Å². The number of fused-ring (bicyclic) bond motifs is 1. The molecule has 4 fully saturated rings. The molecule has 6 rings (SSSR count). The second kappa shape index (κ2) is 9.08. The highest BCUT2D eigenvalue weighted by Crippen LogP contribution is 2.60. The zero-order chi connectivity index (χ0) is 22.0. The molecular weight excluding hydrogens is 402 g/mol. The molecule has 4 bridgehead atoms. The largest absolute Gasteiger partial charge is 0.491 e. The predicted molar refractivity (Wildman–Crippen MR) is 123 cm³/mol. The molecule has 2 N–H and O–H groups in total. The second-order valence-corrected chi connectivity index (χ2v) is 10.1. The molecule has 4 aliphatic rings. The van der Waals surface area contributed by atoms with Gasteiger partial charge in [0.1, 0.15) is 11.3 Å². The second-order valence-electron chi connectivity index (χ2n) is 10.1. The monoisotopic (exact) mass is 435 g/mol. The lowest BCUT2D eigenvalue weighted by molar-refractivity contribution is -0.146. The van der Waals surface area contributed by atoms with Gasteiger partial charge in [0.2, 0.25) is 11.8 Å². The minimum atomic E-state index is -0.140. The van der Waals surface area contributed by atoms with E-state index in [-0.39, 0.29) is 17.2 Å². The van der Waals surface area contributed by atoms with Crippen LogP contribution in [0.4, 0.5) is 0 Å². The summed E-state index contributed by atoms with van der Waals surface area (Å²) in [5, 5.41) is 7.06. The molecule has 32 heavy (non-hydrogen) atoms. The van der Waals surface area contributed by atoms with Crippen molar-refractivity contribution < 1.29 is 14.3 Å². The van der Waals surface area contributed by atoms with E-state index in [1.807, 2.05) is 30.3 Å². The van der Waals surface area contributed by atoms with Gasteiger partial charge in [-0.1, -0.05) is 18.2 Å². The summed E-state index contributed by atoms with van der Waals surface area (Å²) in [6.45, 7) is 1.49. The summed E-state index contributed by atoms with van der Waals surface area (Å²) in [5.74, 6) is 3.19. The highest BCUT2D eigenvalue weighted by Gasteiger charge is 2.54. The number of benzene rings is 1. The van der Waals surface area contributed by atoms with E-state index in [1.54, 1.807) is 6.20 Å². The molecule has 0 aliphatic heterocycles. The number of hydrogen-bond donors (Lipinski definition) is 2. The minimum Gasteiger partial charge on any atom is -0.491 e. The third-order valence-corrected chi connectivity index (χ3v) is 7.65. The maximum atomic E-state index is 12.9. The number of hydrogen-bond acceptors (Lipinski definition) is 4. The van der Waals surface area contributed by atoms with Gasteiger partial charge in [-0.05, 0) is 74.8 Å². The Labute approximate surface area is 189 Å². The molecule has 2 aromatic rings. The van der Waals surface area contributed by atoms with E-state index in [4.69, 9.17) is 4.74 Å². The minimum absolute atomic E-state index is 0.0253. The average molecular weight is 436 g/mol. The summed E-state index contributed by atoms with van der Waals surface area (Å²) in [5.41, 5.74) is 0.716. The van der Waals surface area contributed by atoms with Gasteiger partial charge in [-0.3, -0.25) is 14.6 Å². The lowest BCUT2D eigenvalue weighted by atomic mass is 9.49. The number of nitrogens with zero attached hydrogens (tertiary/aromatic N) is 1. The van der Waals surface area contributed by atoms with Crippen molar-refractivity contribution in [3.05, 3.63) is 36.5 Å². The zero-order valence-corrected chi connectivity index (χ0v) is 18.6. The van der Waals surface area contributed by atoms with E-state index < -0.39 is 0 Å². The van der Waals surface area contributed by atoms with Crippen LogP contribution >= 0.6 is 0 Å². The fourth-order valence-corrected chi connectivity index (χ4v) is 6.63. The van der Waals surface area contributed by atoms with Crippen LogP contribution in [0.15, 0.2) is 36.5 Å². The number of carbonyl (C=O) groups excluding carboxylic acids is 2. The van der Waals surface area contributed by atoms with Crippen LogP contribution in [0.2, 0.25) is 0 Å². The summed E-state index contributed by atoms with van der Waals surface area (Å²) in [4.78, 5) is 29.5. The highest BCUT2D eigenvalue weighted by molar-refractivity contribution is 5.84. The lowest BCUT2D eigenvalue weighted by Gasteiger charge is -2.55. The van der Waals surface area contributed by atoms with Gasteiger partial charge < -0.3 is 15.4 Å². The van der Waals surface area contributed by atoms with Crippen molar-refractivity contribution in [3.63, 3.8) is 0 Å². The molecule has 2 amide bonds. The van der Waals surface area contributed by atoms with Crippen LogP contribution in [-0.4, -0.2) is 36.5 Å². The number of rotatable bonds is 9. The first-order valence-corrected chi connectivity index (χ1v) is 12.1. The molecule has 0 saturated heterocycles. The number of carbonyl (C=O) groups is 2. The Morgan fingerprint density at radius 3 is 2.44 bits per heavy atom. The van der Waals surface area contributed by atoms with Gasteiger partial charge in [0.25, 0.3) is 0 Å². The number of nitrogens with one attached hydrogen (secondary N) is 2. The van der Waals surface area contributed by atoms with Crippen molar-refractivity contribution in [1.29, 1.82) is 0 Å². The summed E-state index contributed by atoms with van der Waals surface area (Å²) < 4.78 is 5.86. The Bertz CT molecular complexity index is 949. The third-order valence-electron chi connectivity index (χ3n) is 7.65. The molecule has 1 aromatic heterocycles. The summed E-state index contributed by atoms with van der Waals surface area (Å²) in [6.07, 6.45) is 9.97. The molecule has 170 valence electrons. The number of ether oxygens (including phenoxy) is 1. The first-order chi connectivity index (χ1) is 15.6. The van der Waals surface area contributed by atoms with Crippen molar-refractivity contribution >= 4 is 22.7 Å². The normalized spacial score (nSPS) is 27.9. The van der Waals surface area contributed by atoms with E-state index in [0.717, 1.165) is 53.7 Å². The van der Waals surface area contributed by atoms with E-state index in [1.165, 1.54) is 19.3 Å². The van der Waals surface area contributed by atoms with Crippen LogP contribution in [0, 0.1) is 23.2 Å². The number of amides is 2. The van der Waals surface area contributed by atoms with Crippen molar-refractivity contribution in [2.24, 2.45) is 23.2 Å². The third kappa shape index (κ3) is 4.45. The SMILES string of the molecule is O=C(CCNC(=O)C12CC3CC(CC(C3)C1)C2)NCCCOc1cccc2cccnc12. The van der Waals surface area contributed by atoms with Gasteiger partial charge in [-0.2, -0.15) is 0 Å². The van der Waals surface area contributed by atoms with Crippen molar-refractivity contribution in [3.8, 4) is 5.75 Å². The summed E-state index contributed by atoms with van der Waals surface area (Å²) >= 11 is 0. The van der Waals surface area contributed by atoms with Gasteiger partial charge in [0.15, 0.2) is 0 Å². The van der Waals surface area contributed by atoms with Crippen LogP contribution in [0.1, 0.15) is 51.4 Å². The molecule has 4 saturated carbocycles. The fraction of sp³-hybridized carbons (Fsp3) is 0.577. The molecule has 4 aliphatic carbocycles. The summed E-state index contributed by atoms with van der Waals surface area (Å²) in [7, 11) is 0. The molecule has 0 unspecified atom stereocenters. The Morgan fingerprint density at radius 2 is 1.69 bits per heavy atom. The predicted octanol–water partition coefficient (Wildman–Crippen LogP) is 3.84. The smallest absolute Gasteiger partial charge is 0.226 e. The molecule has 0 spiro atoms. The van der Waals surface area contributed by atoms with Crippen LogP contribution < -0.4 is 15.4 Å². The van der Waals surface area contributed by atoms with Gasteiger partial charge in [0, 0.05) is 36.5 Å². The van der Waals surface area contributed by atoms with Gasteiger partial charge in [-0.25, -0.2) is 0 Å². The molecule has 6 nitrogen and oxygen atoms in total. The molecule has 0 radical (unpaired) electrons. The highest BCUT2D eigenvalue weighted by atomic mass is 16.5. The van der Waals surface area contributed by atoms with Crippen LogP contribution in [0.25, 0.3) is 10.9 Å². The Morgan fingerprint density at radius 1 is 0.969 bits per heavy atom. The number of pyridine rings is 1. The first kappa shape index (κ1) is 21.2. The standard InChI is InChI=1S/C26H33N3O3/c30-23(27-9-3-11-32-22-6-1-4-21-5-2-8-28-24(21)22)7-10-29-25(31)26-15-18-12-19(16-26)14-20(13-18)17-26/h1-2,4-6,8,18-20H,3,7,9-17H2,(H,27,30)(H,29,31). The van der Waals surface area contributed by atoms with Gasteiger partial charge >= 0.3 is 0 Å². The average Bonchev–Trinajstić information content (AvgIpc) is 2.78. The first-order valence-electron chi connectivity index (χ1n) is 12.1. The fourth-order valence-electron chi connectivity index (χ4n) is 6.63.